The topological polar surface area (TPSA) is 89.5 Å². The predicted octanol–water partition coefficient (Wildman–Crippen LogP) is 4.36. The van der Waals surface area contributed by atoms with Crippen LogP contribution in [0.2, 0.25) is 5.02 Å². The molecule has 6 nitrogen and oxygen atoms in total. The van der Waals surface area contributed by atoms with Crippen LogP contribution in [0.4, 0.5) is 8.78 Å². The highest BCUT2D eigenvalue weighted by Gasteiger charge is 2.36. The summed E-state index contributed by atoms with van der Waals surface area (Å²) in [5.74, 6) is -3.74. The minimum atomic E-state index is -4.29. The Morgan fingerprint density at radius 1 is 1.12 bits per heavy atom. The van der Waals surface area contributed by atoms with Gasteiger partial charge in [-0.3, -0.25) is 14.9 Å². The molecule has 0 aromatic heterocycles. The fourth-order valence-corrected chi connectivity index (χ4v) is 5.22. The Morgan fingerprint density at radius 3 is 2.34 bits per heavy atom. The van der Waals surface area contributed by atoms with Crippen LogP contribution in [0.1, 0.15) is 43.4 Å². The van der Waals surface area contributed by atoms with E-state index in [1.54, 1.807) is 6.92 Å². The Labute approximate surface area is 189 Å². The summed E-state index contributed by atoms with van der Waals surface area (Å²) in [7, 11) is -4.29. The number of ether oxygens (including phenoxy) is 1. The molecule has 1 aliphatic carbocycles. The zero-order valence-corrected chi connectivity index (χ0v) is 18.8. The number of carbonyl (C=O) groups is 2. The van der Waals surface area contributed by atoms with Crippen LogP contribution in [-0.2, 0) is 19.4 Å². The monoisotopic (exact) mass is 485 g/mol. The van der Waals surface area contributed by atoms with Crippen LogP contribution in [0.15, 0.2) is 41.3 Å². The lowest BCUT2D eigenvalue weighted by Crippen LogP contribution is -2.32. The number of amides is 2. The molecule has 1 saturated carbocycles. The molecule has 0 saturated heterocycles. The van der Waals surface area contributed by atoms with Gasteiger partial charge in [-0.15, -0.1) is 0 Å². The molecule has 0 heterocycles. The number of rotatable bonds is 9. The lowest BCUT2D eigenvalue weighted by atomic mass is 10.0. The zero-order valence-electron chi connectivity index (χ0n) is 17.2. The largest absolute Gasteiger partial charge is 0.490 e. The van der Waals surface area contributed by atoms with Gasteiger partial charge in [0.1, 0.15) is 5.82 Å². The van der Waals surface area contributed by atoms with E-state index in [1.165, 1.54) is 24.3 Å². The molecule has 0 unspecified atom stereocenters. The number of benzene rings is 2. The van der Waals surface area contributed by atoms with E-state index in [1.807, 2.05) is 0 Å². The normalized spacial score (nSPS) is 14.6. The summed E-state index contributed by atoms with van der Waals surface area (Å²) in [6.45, 7) is 1.52. The first-order valence-electron chi connectivity index (χ1n) is 10.1. The van der Waals surface area contributed by atoms with E-state index < -0.39 is 62.7 Å². The van der Waals surface area contributed by atoms with Crippen LogP contribution in [0.5, 0.6) is 5.75 Å². The van der Waals surface area contributed by atoms with Crippen LogP contribution in [-0.4, -0.2) is 26.8 Å². The first kappa shape index (κ1) is 24.1. The van der Waals surface area contributed by atoms with Crippen molar-refractivity contribution in [3.63, 3.8) is 0 Å². The van der Waals surface area contributed by atoms with Gasteiger partial charge < -0.3 is 4.74 Å². The molecule has 0 spiro atoms. The van der Waals surface area contributed by atoms with E-state index in [4.69, 9.17) is 16.3 Å². The summed E-state index contributed by atoms with van der Waals surface area (Å²) >= 11 is 5.84. The molecule has 1 N–H and O–H groups in total. The Balaban J connectivity index is 2.00. The van der Waals surface area contributed by atoms with E-state index in [9.17, 15) is 26.8 Å². The van der Waals surface area contributed by atoms with Crippen LogP contribution in [0.3, 0.4) is 0 Å². The highest BCUT2D eigenvalue weighted by Crippen LogP contribution is 2.41. The van der Waals surface area contributed by atoms with Gasteiger partial charge in [0.2, 0.25) is 11.8 Å². The second-order valence-electron chi connectivity index (χ2n) is 7.42. The molecule has 0 bridgehead atoms. The van der Waals surface area contributed by atoms with Crippen molar-refractivity contribution in [1.29, 1.82) is 0 Å². The molecular formula is C22H22ClF2NO5S. The number of hydrogen-bond donors (Lipinski definition) is 1. The molecule has 0 radical (unpaired) electrons. The molecule has 10 heteroatoms. The fraction of sp³-hybridized carbons (Fsp3) is 0.364. The highest BCUT2D eigenvalue weighted by molar-refractivity contribution is 7.91. The minimum absolute atomic E-state index is 0.0303. The molecule has 172 valence electrons. The second kappa shape index (κ2) is 9.95. The molecule has 2 amide bonds. The van der Waals surface area contributed by atoms with Gasteiger partial charge in [-0.2, -0.15) is 0 Å². The molecular weight excluding hydrogens is 464 g/mol. The molecule has 32 heavy (non-hydrogen) atoms. The lowest BCUT2D eigenvalue weighted by molar-refractivity contribution is -0.131. The van der Waals surface area contributed by atoms with Gasteiger partial charge in [0.05, 0.1) is 22.3 Å². The van der Waals surface area contributed by atoms with Gasteiger partial charge in [-0.05, 0) is 62.6 Å². The van der Waals surface area contributed by atoms with Crippen LogP contribution < -0.4 is 10.1 Å². The van der Waals surface area contributed by atoms with Crippen molar-refractivity contribution < 1.29 is 31.5 Å². The van der Waals surface area contributed by atoms with Gasteiger partial charge in [-0.1, -0.05) is 11.6 Å². The standard InChI is InChI=1S/C22H22ClF2NO5S/c1-2-31-21-17(25)10-9-16(24)20(21)18(11-12-19(27)26-22(28)13-3-4-13)32(29,30)15-7-5-14(23)6-8-15/h5-10,13,18H,2-4,11-12H2,1H3,(H,26,27,28)/t18-/m0/s1. The molecule has 1 fully saturated rings. The van der Waals surface area contributed by atoms with Crippen LogP contribution >= 0.6 is 11.6 Å². The van der Waals surface area contributed by atoms with Gasteiger partial charge in [0.25, 0.3) is 0 Å². The van der Waals surface area contributed by atoms with Crippen LogP contribution in [0.25, 0.3) is 0 Å². The van der Waals surface area contributed by atoms with Crippen molar-refractivity contribution in [3.8, 4) is 5.75 Å². The summed E-state index contributed by atoms with van der Waals surface area (Å²) in [5.41, 5.74) is -0.497. The Kier molecular flexibility index (Phi) is 7.51. The summed E-state index contributed by atoms with van der Waals surface area (Å²) in [6.07, 6.45) is 0.602. The molecule has 0 aliphatic heterocycles. The Morgan fingerprint density at radius 2 is 1.75 bits per heavy atom. The third-order valence-electron chi connectivity index (χ3n) is 5.07. The van der Waals surface area contributed by atoms with E-state index in [0.29, 0.717) is 17.9 Å². The fourth-order valence-electron chi connectivity index (χ4n) is 3.29. The number of sulfone groups is 1. The number of halogens is 3. The maximum absolute atomic E-state index is 14.9. The smallest absolute Gasteiger partial charge is 0.229 e. The Hall–Kier alpha value is -2.52. The van der Waals surface area contributed by atoms with Crippen LogP contribution in [0, 0.1) is 17.6 Å². The van der Waals surface area contributed by atoms with Crippen molar-refractivity contribution >= 4 is 33.3 Å². The maximum atomic E-state index is 14.9. The van der Waals surface area contributed by atoms with Crippen molar-refractivity contribution in [2.75, 3.05) is 6.61 Å². The molecule has 2 aromatic rings. The van der Waals surface area contributed by atoms with Gasteiger partial charge >= 0.3 is 0 Å². The molecule has 1 atom stereocenters. The van der Waals surface area contributed by atoms with E-state index in [-0.39, 0.29) is 17.4 Å². The summed E-state index contributed by atoms with van der Waals surface area (Å²) < 4.78 is 61.4. The maximum Gasteiger partial charge on any atom is 0.229 e. The summed E-state index contributed by atoms with van der Waals surface area (Å²) in [5, 5.41) is 0.884. The predicted molar refractivity (Wildman–Crippen MR) is 114 cm³/mol. The van der Waals surface area contributed by atoms with Gasteiger partial charge in [0, 0.05) is 17.4 Å². The van der Waals surface area contributed by atoms with Crippen molar-refractivity contribution in [3.05, 3.63) is 58.6 Å². The SMILES string of the molecule is CCOc1c(F)ccc(F)c1[C@H](CCC(=O)NC(=O)C1CC1)S(=O)(=O)c1ccc(Cl)cc1. The molecule has 1 aliphatic rings. The van der Waals surface area contributed by atoms with Crippen molar-refractivity contribution in [2.24, 2.45) is 5.92 Å². The summed E-state index contributed by atoms with van der Waals surface area (Å²) in [6, 6.07) is 6.87. The quantitative estimate of drug-likeness (QED) is 0.570. The third kappa shape index (κ3) is 5.45. The third-order valence-corrected chi connectivity index (χ3v) is 7.47. The Bertz CT molecular complexity index is 1120. The van der Waals surface area contributed by atoms with Crippen molar-refractivity contribution in [2.45, 2.75) is 42.8 Å². The number of hydrogen-bond acceptors (Lipinski definition) is 5. The number of nitrogens with one attached hydrogen (secondary N) is 1. The first-order chi connectivity index (χ1) is 15.1. The average Bonchev–Trinajstić information content (AvgIpc) is 3.58. The van der Waals surface area contributed by atoms with Crippen molar-refractivity contribution in [1.82, 2.24) is 5.32 Å². The second-order valence-corrected chi connectivity index (χ2v) is 9.98. The first-order valence-corrected chi connectivity index (χ1v) is 12.0. The summed E-state index contributed by atoms with van der Waals surface area (Å²) in [4.78, 5) is 23.9. The molecule has 3 rings (SSSR count). The van der Waals surface area contributed by atoms with E-state index in [0.717, 1.165) is 12.1 Å². The average molecular weight is 486 g/mol. The number of imide groups is 1. The molecule has 2 aromatic carbocycles. The number of carbonyl (C=O) groups excluding carboxylic acids is 2. The minimum Gasteiger partial charge on any atom is -0.490 e. The van der Waals surface area contributed by atoms with E-state index in [2.05, 4.69) is 5.32 Å². The zero-order chi connectivity index (χ0) is 23.5. The van der Waals surface area contributed by atoms with E-state index >= 15 is 0 Å². The van der Waals surface area contributed by atoms with Gasteiger partial charge in [-0.25, -0.2) is 17.2 Å². The highest BCUT2D eigenvalue weighted by atomic mass is 35.5. The lowest BCUT2D eigenvalue weighted by Gasteiger charge is -2.22. The van der Waals surface area contributed by atoms with Gasteiger partial charge in [0.15, 0.2) is 21.4 Å².